The number of aliphatic hydroxyl groups is 1. The summed E-state index contributed by atoms with van der Waals surface area (Å²) in [5, 5.41) is 12.9. The monoisotopic (exact) mass is 297 g/mol. The zero-order valence-corrected chi connectivity index (χ0v) is 13.5. The summed E-state index contributed by atoms with van der Waals surface area (Å²) in [6, 6.07) is 0. The van der Waals surface area contributed by atoms with Gasteiger partial charge in [-0.1, -0.05) is 13.3 Å². The lowest BCUT2D eigenvalue weighted by molar-refractivity contribution is 0.0777. The Morgan fingerprint density at radius 2 is 2.00 bits per heavy atom. The third-order valence-electron chi connectivity index (χ3n) is 3.72. The van der Waals surface area contributed by atoms with Gasteiger partial charge in [-0.05, 0) is 19.8 Å². The summed E-state index contributed by atoms with van der Waals surface area (Å²) in [4.78, 5) is 9.54. The van der Waals surface area contributed by atoms with Crippen LogP contribution in [0.5, 0.6) is 0 Å². The van der Waals surface area contributed by atoms with Crippen LogP contribution in [0.4, 0.5) is 0 Å². The minimum Gasteiger partial charge on any atom is -0.392 e. The lowest BCUT2D eigenvalue weighted by Crippen LogP contribution is -2.47. The Hall–Kier alpha value is -0.490. The number of piperazine rings is 1. The van der Waals surface area contributed by atoms with Crippen LogP contribution in [-0.2, 0) is 13.0 Å². The van der Waals surface area contributed by atoms with Gasteiger partial charge in [0.2, 0.25) is 0 Å². The van der Waals surface area contributed by atoms with Crippen molar-refractivity contribution < 1.29 is 5.11 Å². The van der Waals surface area contributed by atoms with Crippen molar-refractivity contribution in [3.8, 4) is 0 Å². The maximum absolute atomic E-state index is 9.42. The highest BCUT2D eigenvalue weighted by Crippen LogP contribution is 2.15. The van der Waals surface area contributed by atoms with E-state index in [0.29, 0.717) is 0 Å². The average Bonchev–Trinajstić information content (AvgIpc) is 2.86. The zero-order chi connectivity index (χ0) is 14.4. The van der Waals surface area contributed by atoms with Gasteiger partial charge in [-0.3, -0.25) is 9.80 Å². The van der Waals surface area contributed by atoms with E-state index < -0.39 is 0 Å². The number of thiazole rings is 1. The smallest absolute Gasteiger partial charge is 0.0928 e. The third-order valence-corrected chi connectivity index (χ3v) is 4.67. The lowest BCUT2D eigenvalue weighted by atomic mass is 10.2. The molecule has 1 saturated heterocycles. The summed E-state index contributed by atoms with van der Waals surface area (Å²) in [5.41, 5.74) is 1.23. The van der Waals surface area contributed by atoms with Crippen LogP contribution in [-0.4, -0.2) is 58.7 Å². The van der Waals surface area contributed by atoms with Crippen LogP contribution in [0.3, 0.4) is 0 Å². The van der Waals surface area contributed by atoms with Crippen LogP contribution in [0.1, 0.15) is 37.4 Å². The number of β-amino-alcohol motifs (C(OH)–C–C–N with tert-alkyl or cyclic N) is 1. The van der Waals surface area contributed by atoms with Gasteiger partial charge in [0.15, 0.2) is 0 Å². The van der Waals surface area contributed by atoms with E-state index in [1.165, 1.54) is 23.5 Å². The largest absolute Gasteiger partial charge is 0.392 e. The third kappa shape index (κ3) is 5.13. The van der Waals surface area contributed by atoms with Crippen molar-refractivity contribution in [3.63, 3.8) is 0 Å². The molecule has 0 radical (unpaired) electrons. The van der Waals surface area contributed by atoms with Gasteiger partial charge in [0, 0.05) is 44.6 Å². The Bertz CT molecular complexity index is 386. The lowest BCUT2D eigenvalue weighted by Gasteiger charge is -2.34. The van der Waals surface area contributed by atoms with Gasteiger partial charge in [-0.25, -0.2) is 4.98 Å². The molecular weight excluding hydrogens is 270 g/mol. The van der Waals surface area contributed by atoms with Gasteiger partial charge in [-0.15, -0.1) is 11.3 Å². The molecule has 1 atom stereocenters. The first-order chi connectivity index (χ1) is 9.67. The van der Waals surface area contributed by atoms with Crippen molar-refractivity contribution in [2.24, 2.45) is 0 Å². The fourth-order valence-corrected chi connectivity index (χ4v) is 3.43. The van der Waals surface area contributed by atoms with Crippen molar-refractivity contribution in [1.29, 1.82) is 0 Å². The highest BCUT2D eigenvalue weighted by molar-refractivity contribution is 7.09. The molecule has 114 valence electrons. The molecule has 1 aliphatic heterocycles. The normalized spacial score (nSPS) is 19.4. The molecule has 1 aromatic rings. The molecule has 2 rings (SSSR count). The van der Waals surface area contributed by atoms with Crippen LogP contribution in [0.2, 0.25) is 0 Å². The number of hydrogen-bond acceptors (Lipinski definition) is 5. The second-order valence-electron chi connectivity index (χ2n) is 5.76. The molecule has 1 aliphatic rings. The molecule has 1 fully saturated rings. The molecule has 4 nitrogen and oxygen atoms in total. The van der Waals surface area contributed by atoms with Crippen molar-refractivity contribution in [3.05, 3.63) is 16.1 Å². The van der Waals surface area contributed by atoms with Gasteiger partial charge in [0.1, 0.15) is 0 Å². The predicted molar refractivity (Wildman–Crippen MR) is 84.1 cm³/mol. The average molecular weight is 297 g/mol. The number of rotatable bonds is 7. The number of aryl methyl sites for hydroxylation is 1. The minimum absolute atomic E-state index is 0.221. The van der Waals surface area contributed by atoms with Gasteiger partial charge >= 0.3 is 0 Å². The second kappa shape index (κ2) is 8.08. The maximum Gasteiger partial charge on any atom is 0.0928 e. The topological polar surface area (TPSA) is 39.6 Å². The SMILES string of the molecule is CCCCc1nc(CN2CCN(C[C@H](C)O)CC2)cs1. The molecule has 2 heterocycles. The summed E-state index contributed by atoms with van der Waals surface area (Å²) >= 11 is 1.81. The number of unbranched alkanes of at least 4 members (excludes halogenated alkanes) is 1. The molecule has 0 unspecified atom stereocenters. The van der Waals surface area contributed by atoms with E-state index in [1.54, 1.807) is 11.3 Å². The van der Waals surface area contributed by atoms with Crippen molar-refractivity contribution in [2.75, 3.05) is 32.7 Å². The molecule has 0 aromatic carbocycles. The first-order valence-corrected chi connectivity index (χ1v) is 8.61. The molecule has 5 heteroatoms. The van der Waals surface area contributed by atoms with Crippen LogP contribution in [0, 0.1) is 0 Å². The van der Waals surface area contributed by atoms with E-state index in [0.717, 1.165) is 45.7 Å². The van der Waals surface area contributed by atoms with E-state index >= 15 is 0 Å². The van der Waals surface area contributed by atoms with Gasteiger partial charge in [0.05, 0.1) is 16.8 Å². The first kappa shape index (κ1) is 15.9. The highest BCUT2D eigenvalue weighted by Gasteiger charge is 2.18. The van der Waals surface area contributed by atoms with Gasteiger partial charge in [0.25, 0.3) is 0 Å². The quantitative estimate of drug-likeness (QED) is 0.835. The molecular formula is C15H27N3OS. The van der Waals surface area contributed by atoms with Crippen LogP contribution < -0.4 is 0 Å². The van der Waals surface area contributed by atoms with Crippen LogP contribution in [0.25, 0.3) is 0 Å². The standard InChI is InChI=1S/C15H27N3OS/c1-3-4-5-15-16-14(12-20-15)11-18-8-6-17(7-9-18)10-13(2)19/h12-13,19H,3-11H2,1-2H3/t13-/m0/s1. The Morgan fingerprint density at radius 1 is 1.30 bits per heavy atom. The van der Waals surface area contributed by atoms with Crippen molar-refractivity contribution >= 4 is 11.3 Å². The van der Waals surface area contributed by atoms with Crippen molar-refractivity contribution in [1.82, 2.24) is 14.8 Å². The summed E-state index contributed by atoms with van der Waals surface area (Å²) in [6.45, 7) is 10.1. The van der Waals surface area contributed by atoms with E-state index in [2.05, 4.69) is 22.1 Å². The fourth-order valence-electron chi connectivity index (χ4n) is 2.60. The number of aliphatic hydroxyl groups excluding tert-OH is 1. The van der Waals surface area contributed by atoms with E-state index in [4.69, 9.17) is 4.98 Å². The molecule has 1 N–H and O–H groups in total. The fraction of sp³-hybridized carbons (Fsp3) is 0.800. The predicted octanol–water partition coefficient (Wildman–Crippen LogP) is 1.98. The second-order valence-corrected chi connectivity index (χ2v) is 6.70. The number of nitrogens with zero attached hydrogens (tertiary/aromatic N) is 3. The van der Waals surface area contributed by atoms with Crippen LogP contribution >= 0.6 is 11.3 Å². The van der Waals surface area contributed by atoms with Crippen LogP contribution in [0.15, 0.2) is 5.38 Å². The molecule has 0 saturated carbocycles. The molecule has 1 aromatic heterocycles. The zero-order valence-electron chi connectivity index (χ0n) is 12.7. The number of hydrogen-bond donors (Lipinski definition) is 1. The summed E-state index contributed by atoms with van der Waals surface area (Å²) < 4.78 is 0. The molecule has 0 amide bonds. The Labute approximate surface area is 126 Å². The summed E-state index contributed by atoms with van der Waals surface area (Å²) in [7, 11) is 0. The maximum atomic E-state index is 9.42. The van der Waals surface area contributed by atoms with E-state index in [1.807, 2.05) is 6.92 Å². The Balaban J connectivity index is 1.73. The Kier molecular flexibility index (Phi) is 6.42. The van der Waals surface area contributed by atoms with Gasteiger partial charge in [-0.2, -0.15) is 0 Å². The highest BCUT2D eigenvalue weighted by atomic mass is 32.1. The molecule has 20 heavy (non-hydrogen) atoms. The minimum atomic E-state index is -0.221. The first-order valence-electron chi connectivity index (χ1n) is 7.73. The van der Waals surface area contributed by atoms with Gasteiger partial charge < -0.3 is 5.11 Å². The number of aromatic nitrogens is 1. The summed E-state index contributed by atoms with van der Waals surface area (Å²) in [6.07, 6.45) is 3.38. The van der Waals surface area contributed by atoms with Crippen molar-refractivity contribution in [2.45, 2.75) is 45.8 Å². The van der Waals surface area contributed by atoms with E-state index in [-0.39, 0.29) is 6.10 Å². The Morgan fingerprint density at radius 3 is 2.65 bits per heavy atom. The summed E-state index contributed by atoms with van der Waals surface area (Å²) in [5.74, 6) is 0. The molecule has 0 spiro atoms. The van der Waals surface area contributed by atoms with E-state index in [9.17, 15) is 5.11 Å². The molecule has 0 aliphatic carbocycles. The molecule has 0 bridgehead atoms.